The molecule has 1 rings (SSSR count). The monoisotopic (exact) mass is 444 g/mol. The Kier molecular flexibility index (Phi) is 8.79. The number of hydrogen-bond acceptors (Lipinski definition) is 10. The summed E-state index contributed by atoms with van der Waals surface area (Å²) >= 11 is 0. The minimum Gasteiger partial charge on any atom is -0.465 e. The molecular formula is C19H36N6O6. The minimum absolute atomic E-state index is 0.0665. The molecule has 1 fully saturated rings. The Hall–Kier alpha value is -2.44. The molecule has 178 valence electrons. The Morgan fingerprint density at radius 1 is 1.10 bits per heavy atom. The lowest BCUT2D eigenvalue weighted by molar-refractivity contribution is -0.221. The third-order valence-electron chi connectivity index (χ3n) is 5.40. The largest absolute Gasteiger partial charge is 0.465 e. The van der Waals surface area contributed by atoms with Gasteiger partial charge >= 0.3 is 17.9 Å². The van der Waals surface area contributed by atoms with E-state index >= 15 is 0 Å². The second-order valence-corrected chi connectivity index (χ2v) is 8.51. The van der Waals surface area contributed by atoms with Gasteiger partial charge in [-0.3, -0.25) is 25.2 Å². The van der Waals surface area contributed by atoms with Gasteiger partial charge in [0.2, 0.25) is 0 Å². The van der Waals surface area contributed by atoms with Gasteiger partial charge in [0, 0.05) is 6.54 Å². The Bertz CT molecular complexity index is 706. The molecule has 12 nitrogen and oxygen atoms in total. The van der Waals surface area contributed by atoms with Gasteiger partial charge in [0.15, 0.2) is 11.6 Å². The van der Waals surface area contributed by atoms with Crippen molar-refractivity contribution in [2.24, 2.45) is 27.9 Å². The number of esters is 3. The van der Waals surface area contributed by atoms with Gasteiger partial charge in [0.05, 0.1) is 7.11 Å². The summed E-state index contributed by atoms with van der Waals surface area (Å²) in [5.41, 5.74) is 17.2. The fourth-order valence-electron chi connectivity index (χ4n) is 3.18. The standard InChI is InChI=1S/C19H36N6O6/c1-17(2,31-14(27)18(3,22)9-7-10-24-16(20)21)19(23,15(28)29-5)30-13(26)12-8-6-11-25(12)4/h12H,6-11,22-23H2,1-5H3,(H4,20,21,24). The zero-order valence-electron chi connectivity index (χ0n) is 19.0. The first-order valence-electron chi connectivity index (χ1n) is 10.1. The Morgan fingerprint density at radius 2 is 1.71 bits per heavy atom. The zero-order chi connectivity index (χ0) is 24.0. The van der Waals surface area contributed by atoms with Crippen molar-refractivity contribution in [1.82, 2.24) is 4.90 Å². The highest BCUT2D eigenvalue weighted by Crippen LogP contribution is 2.30. The van der Waals surface area contributed by atoms with Crippen LogP contribution >= 0.6 is 0 Å². The molecule has 1 saturated heterocycles. The average molecular weight is 445 g/mol. The van der Waals surface area contributed by atoms with E-state index in [0.29, 0.717) is 19.4 Å². The van der Waals surface area contributed by atoms with E-state index in [2.05, 4.69) is 4.99 Å². The van der Waals surface area contributed by atoms with Gasteiger partial charge in [-0.15, -0.1) is 0 Å². The van der Waals surface area contributed by atoms with Crippen molar-refractivity contribution in [2.45, 2.75) is 69.4 Å². The van der Waals surface area contributed by atoms with Crippen molar-refractivity contribution in [1.29, 1.82) is 0 Å². The molecule has 1 aliphatic heterocycles. The van der Waals surface area contributed by atoms with Crippen LogP contribution in [0.5, 0.6) is 0 Å². The molecule has 0 aromatic rings. The van der Waals surface area contributed by atoms with Crippen molar-refractivity contribution in [3.05, 3.63) is 0 Å². The molecular weight excluding hydrogens is 408 g/mol. The molecule has 0 spiro atoms. The molecule has 1 aliphatic rings. The summed E-state index contributed by atoms with van der Waals surface area (Å²) in [6, 6.07) is -0.561. The molecule has 0 aromatic heterocycles. The first-order chi connectivity index (χ1) is 14.2. The highest BCUT2D eigenvalue weighted by atomic mass is 16.6. The number of likely N-dealkylation sites (N-methyl/N-ethyl adjacent to an activating group) is 1. The van der Waals surface area contributed by atoms with Crippen LogP contribution in [0.4, 0.5) is 0 Å². The molecule has 12 heteroatoms. The van der Waals surface area contributed by atoms with E-state index < -0.39 is 40.8 Å². The fraction of sp³-hybridized carbons (Fsp3) is 0.789. The van der Waals surface area contributed by atoms with Crippen LogP contribution in [0.15, 0.2) is 4.99 Å². The maximum Gasteiger partial charge on any atom is 0.370 e. The van der Waals surface area contributed by atoms with Crippen LogP contribution in [-0.2, 0) is 28.6 Å². The van der Waals surface area contributed by atoms with Gasteiger partial charge in [0.1, 0.15) is 11.6 Å². The van der Waals surface area contributed by atoms with E-state index in [4.69, 9.17) is 37.1 Å². The lowest BCUT2D eigenvalue weighted by Crippen LogP contribution is -2.69. The number of carbonyl (C=O) groups excluding carboxylic acids is 3. The van der Waals surface area contributed by atoms with E-state index in [1.807, 2.05) is 0 Å². The maximum atomic E-state index is 12.8. The van der Waals surface area contributed by atoms with Crippen LogP contribution < -0.4 is 22.9 Å². The topological polar surface area (TPSA) is 199 Å². The van der Waals surface area contributed by atoms with Crippen molar-refractivity contribution in [2.75, 3.05) is 27.2 Å². The smallest absolute Gasteiger partial charge is 0.370 e. The SMILES string of the molecule is COC(=O)C(N)(OC(=O)C1CCCN1C)C(C)(C)OC(=O)C(C)(N)CCCN=C(N)N. The lowest BCUT2D eigenvalue weighted by atomic mass is 9.92. The summed E-state index contributed by atoms with van der Waals surface area (Å²) in [4.78, 5) is 43.6. The van der Waals surface area contributed by atoms with Crippen LogP contribution in [-0.4, -0.2) is 78.9 Å². The number of ether oxygens (including phenoxy) is 3. The summed E-state index contributed by atoms with van der Waals surface area (Å²) in [6.07, 6.45) is 1.97. The summed E-state index contributed by atoms with van der Waals surface area (Å²) in [7, 11) is 2.86. The molecule has 0 saturated carbocycles. The molecule has 0 radical (unpaired) electrons. The molecule has 0 bridgehead atoms. The van der Waals surface area contributed by atoms with Gasteiger partial charge in [-0.2, -0.15) is 0 Å². The van der Waals surface area contributed by atoms with E-state index in [1.54, 1.807) is 11.9 Å². The normalized spacial score (nSPS) is 20.8. The Labute approximate surface area is 182 Å². The molecule has 0 amide bonds. The number of aliphatic imine (C=N–C) groups is 1. The molecule has 0 aliphatic carbocycles. The quantitative estimate of drug-likeness (QED) is 0.0767. The van der Waals surface area contributed by atoms with Gasteiger partial charge in [-0.25, -0.2) is 4.79 Å². The molecule has 3 unspecified atom stereocenters. The number of rotatable bonds is 10. The minimum atomic E-state index is -2.38. The first-order valence-corrected chi connectivity index (χ1v) is 10.1. The number of hydrogen-bond donors (Lipinski definition) is 4. The van der Waals surface area contributed by atoms with E-state index in [1.165, 1.54) is 20.8 Å². The number of likely N-dealkylation sites (tertiary alicyclic amines) is 1. The number of carbonyl (C=O) groups is 3. The van der Waals surface area contributed by atoms with Crippen molar-refractivity contribution >= 4 is 23.9 Å². The second kappa shape index (κ2) is 10.2. The molecule has 8 N–H and O–H groups in total. The van der Waals surface area contributed by atoms with Crippen molar-refractivity contribution in [3.63, 3.8) is 0 Å². The molecule has 3 atom stereocenters. The van der Waals surface area contributed by atoms with E-state index in [0.717, 1.165) is 13.5 Å². The predicted molar refractivity (Wildman–Crippen MR) is 113 cm³/mol. The van der Waals surface area contributed by atoms with Crippen LogP contribution in [0.25, 0.3) is 0 Å². The third-order valence-corrected chi connectivity index (χ3v) is 5.40. The summed E-state index contributed by atoms with van der Waals surface area (Å²) < 4.78 is 15.6. The zero-order valence-corrected chi connectivity index (χ0v) is 19.0. The third kappa shape index (κ3) is 6.52. The van der Waals surface area contributed by atoms with Gasteiger partial charge in [-0.05, 0) is 60.0 Å². The predicted octanol–water partition coefficient (Wildman–Crippen LogP) is -1.46. The lowest BCUT2D eigenvalue weighted by Gasteiger charge is -2.41. The van der Waals surface area contributed by atoms with E-state index in [9.17, 15) is 14.4 Å². The first kappa shape index (κ1) is 26.6. The number of guanidine groups is 1. The highest BCUT2D eigenvalue weighted by molar-refractivity contribution is 5.87. The average Bonchev–Trinajstić information content (AvgIpc) is 3.09. The van der Waals surface area contributed by atoms with Crippen molar-refractivity contribution < 1.29 is 28.6 Å². The van der Waals surface area contributed by atoms with Crippen LogP contribution in [0.1, 0.15) is 46.5 Å². The second-order valence-electron chi connectivity index (χ2n) is 8.51. The number of nitrogens with zero attached hydrogens (tertiary/aromatic N) is 2. The number of methoxy groups -OCH3 is 1. The summed E-state index contributed by atoms with van der Waals surface area (Å²) in [5.74, 6) is -2.67. The molecule has 31 heavy (non-hydrogen) atoms. The van der Waals surface area contributed by atoms with E-state index in [-0.39, 0.29) is 18.9 Å². The molecule has 1 heterocycles. The Balaban J connectivity index is 2.99. The van der Waals surface area contributed by atoms with Crippen LogP contribution in [0.3, 0.4) is 0 Å². The highest BCUT2D eigenvalue weighted by Gasteiger charge is 2.57. The van der Waals surface area contributed by atoms with Gasteiger partial charge in [0.25, 0.3) is 5.72 Å². The van der Waals surface area contributed by atoms with Crippen LogP contribution in [0.2, 0.25) is 0 Å². The Morgan fingerprint density at radius 3 is 2.19 bits per heavy atom. The van der Waals surface area contributed by atoms with Crippen LogP contribution in [0, 0.1) is 0 Å². The maximum absolute atomic E-state index is 12.8. The summed E-state index contributed by atoms with van der Waals surface area (Å²) in [6.45, 7) is 5.16. The van der Waals surface area contributed by atoms with Gasteiger partial charge < -0.3 is 31.4 Å². The summed E-state index contributed by atoms with van der Waals surface area (Å²) in [5, 5.41) is 0. The van der Waals surface area contributed by atoms with Gasteiger partial charge in [-0.1, -0.05) is 0 Å². The fourth-order valence-corrected chi connectivity index (χ4v) is 3.18. The van der Waals surface area contributed by atoms with Crippen molar-refractivity contribution in [3.8, 4) is 0 Å². The molecule has 0 aromatic carbocycles. The number of nitrogens with two attached hydrogens (primary N) is 4.